The van der Waals surface area contributed by atoms with Crippen molar-refractivity contribution in [1.29, 1.82) is 0 Å². The topological polar surface area (TPSA) is 55.3 Å². The predicted molar refractivity (Wildman–Crippen MR) is 125 cm³/mol. The summed E-state index contributed by atoms with van der Waals surface area (Å²) < 4.78 is 16.5. The monoisotopic (exact) mass is 505 g/mol. The molecule has 0 amide bonds. The Hall–Kier alpha value is -1.06. The molecule has 1 aromatic rings. The van der Waals surface area contributed by atoms with Crippen LogP contribution in [0.3, 0.4) is 0 Å². The van der Waals surface area contributed by atoms with Gasteiger partial charge in [-0.15, -0.1) is 24.0 Å². The lowest BCUT2D eigenvalue weighted by Crippen LogP contribution is -2.39. The summed E-state index contributed by atoms with van der Waals surface area (Å²) in [5, 5.41) is 3.48. The minimum Gasteiger partial charge on any atom is -0.493 e. The van der Waals surface area contributed by atoms with Crippen molar-refractivity contribution in [2.45, 2.75) is 26.8 Å². The first-order valence-corrected chi connectivity index (χ1v) is 9.86. The highest BCUT2D eigenvalue weighted by molar-refractivity contribution is 14.0. The summed E-state index contributed by atoms with van der Waals surface area (Å²) in [6.07, 6.45) is 1.13. The van der Waals surface area contributed by atoms with Gasteiger partial charge >= 0.3 is 0 Å². The molecule has 7 heteroatoms. The van der Waals surface area contributed by atoms with E-state index in [1.54, 1.807) is 7.11 Å². The van der Waals surface area contributed by atoms with Crippen molar-refractivity contribution in [2.75, 3.05) is 53.7 Å². The highest BCUT2D eigenvalue weighted by atomic mass is 127. The SMILES string of the molecule is CN=C(NCc1cccc(OCC(C)C)c1)N1CCC(COCCOC)C1.I. The van der Waals surface area contributed by atoms with Crippen LogP contribution >= 0.6 is 24.0 Å². The number of rotatable bonds is 10. The van der Waals surface area contributed by atoms with E-state index in [2.05, 4.69) is 41.2 Å². The van der Waals surface area contributed by atoms with Crippen LogP contribution in [0.4, 0.5) is 0 Å². The van der Waals surface area contributed by atoms with E-state index in [0.29, 0.717) is 25.0 Å². The number of nitrogens with zero attached hydrogens (tertiary/aromatic N) is 2. The molecule has 1 fully saturated rings. The number of likely N-dealkylation sites (tertiary alicyclic amines) is 1. The van der Waals surface area contributed by atoms with Crippen LogP contribution in [0, 0.1) is 11.8 Å². The van der Waals surface area contributed by atoms with Gasteiger partial charge in [-0.2, -0.15) is 0 Å². The minimum absolute atomic E-state index is 0. The van der Waals surface area contributed by atoms with Gasteiger partial charge in [0.1, 0.15) is 5.75 Å². The first-order chi connectivity index (χ1) is 13.1. The molecule has 0 aromatic heterocycles. The number of benzene rings is 1. The van der Waals surface area contributed by atoms with Gasteiger partial charge in [0.25, 0.3) is 0 Å². The van der Waals surface area contributed by atoms with E-state index in [9.17, 15) is 0 Å². The molecule has 1 unspecified atom stereocenters. The number of hydrogen-bond acceptors (Lipinski definition) is 4. The Morgan fingerprint density at radius 1 is 1.32 bits per heavy atom. The number of guanidine groups is 1. The number of hydrogen-bond donors (Lipinski definition) is 1. The largest absolute Gasteiger partial charge is 0.493 e. The van der Waals surface area contributed by atoms with Crippen molar-refractivity contribution in [3.05, 3.63) is 29.8 Å². The highest BCUT2D eigenvalue weighted by Gasteiger charge is 2.24. The normalized spacial score (nSPS) is 17.0. The lowest BCUT2D eigenvalue weighted by atomic mass is 10.1. The maximum Gasteiger partial charge on any atom is 0.193 e. The van der Waals surface area contributed by atoms with Gasteiger partial charge in [-0.25, -0.2) is 0 Å². The van der Waals surface area contributed by atoms with Crippen LogP contribution in [-0.2, 0) is 16.0 Å². The summed E-state index contributed by atoms with van der Waals surface area (Å²) in [4.78, 5) is 6.76. The molecule has 0 spiro atoms. The van der Waals surface area contributed by atoms with Crippen molar-refractivity contribution < 1.29 is 14.2 Å². The van der Waals surface area contributed by atoms with E-state index < -0.39 is 0 Å². The summed E-state index contributed by atoms with van der Waals surface area (Å²) in [6.45, 7) is 9.86. The fourth-order valence-electron chi connectivity index (χ4n) is 3.07. The molecule has 1 heterocycles. The van der Waals surface area contributed by atoms with Crippen LogP contribution in [0.5, 0.6) is 5.75 Å². The van der Waals surface area contributed by atoms with E-state index in [0.717, 1.165) is 51.0 Å². The van der Waals surface area contributed by atoms with Crippen LogP contribution in [0.25, 0.3) is 0 Å². The Kier molecular flexibility index (Phi) is 12.5. The van der Waals surface area contributed by atoms with Crippen LogP contribution in [0.2, 0.25) is 0 Å². The molecule has 1 aromatic carbocycles. The van der Waals surface area contributed by atoms with Gasteiger partial charge < -0.3 is 24.4 Å². The molecule has 0 radical (unpaired) electrons. The maximum atomic E-state index is 5.82. The number of aliphatic imine (C=N–C) groups is 1. The summed E-state index contributed by atoms with van der Waals surface area (Å²) in [5.74, 6) is 2.94. The quantitative estimate of drug-likeness (QED) is 0.229. The van der Waals surface area contributed by atoms with E-state index in [4.69, 9.17) is 14.2 Å². The third kappa shape index (κ3) is 8.96. The van der Waals surface area contributed by atoms with Crippen molar-refractivity contribution in [1.82, 2.24) is 10.2 Å². The smallest absolute Gasteiger partial charge is 0.193 e. The Labute approximate surface area is 187 Å². The van der Waals surface area contributed by atoms with Crippen LogP contribution < -0.4 is 10.1 Å². The predicted octanol–water partition coefficient (Wildman–Crippen LogP) is 3.40. The summed E-state index contributed by atoms with van der Waals surface area (Å²) in [6, 6.07) is 8.26. The first-order valence-electron chi connectivity index (χ1n) is 9.86. The minimum atomic E-state index is 0. The molecular weight excluding hydrogens is 469 g/mol. The third-order valence-corrected chi connectivity index (χ3v) is 4.51. The lowest BCUT2D eigenvalue weighted by Gasteiger charge is -2.22. The van der Waals surface area contributed by atoms with Crippen molar-refractivity contribution in [3.8, 4) is 5.75 Å². The molecule has 1 atom stereocenters. The van der Waals surface area contributed by atoms with Crippen LogP contribution in [0.1, 0.15) is 25.8 Å². The molecule has 160 valence electrons. The fraction of sp³-hybridized carbons (Fsp3) is 0.667. The summed E-state index contributed by atoms with van der Waals surface area (Å²) in [7, 11) is 3.54. The summed E-state index contributed by atoms with van der Waals surface area (Å²) in [5.41, 5.74) is 1.19. The molecule has 28 heavy (non-hydrogen) atoms. The maximum absolute atomic E-state index is 5.82. The molecule has 2 rings (SSSR count). The second-order valence-electron chi connectivity index (χ2n) is 7.42. The van der Waals surface area contributed by atoms with Gasteiger partial charge in [0, 0.05) is 39.7 Å². The number of methoxy groups -OCH3 is 1. The third-order valence-electron chi connectivity index (χ3n) is 4.51. The van der Waals surface area contributed by atoms with Gasteiger partial charge in [-0.1, -0.05) is 26.0 Å². The average molecular weight is 505 g/mol. The molecular formula is C21H36IN3O3. The molecule has 0 saturated carbocycles. The van der Waals surface area contributed by atoms with Crippen LogP contribution in [-0.4, -0.2) is 64.5 Å². The van der Waals surface area contributed by atoms with Crippen molar-refractivity contribution >= 4 is 29.9 Å². The molecule has 1 saturated heterocycles. The molecule has 1 aliphatic heterocycles. The highest BCUT2D eigenvalue weighted by Crippen LogP contribution is 2.17. The molecule has 6 nitrogen and oxygen atoms in total. The molecule has 0 bridgehead atoms. The second-order valence-corrected chi connectivity index (χ2v) is 7.42. The zero-order valence-electron chi connectivity index (χ0n) is 17.6. The molecule has 1 aliphatic rings. The van der Waals surface area contributed by atoms with E-state index in [1.165, 1.54) is 5.56 Å². The number of ether oxygens (including phenoxy) is 3. The number of halogens is 1. The van der Waals surface area contributed by atoms with Crippen LogP contribution in [0.15, 0.2) is 29.3 Å². The summed E-state index contributed by atoms with van der Waals surface area (Å²) >= 11 is 0. The Bertz CT molecular complexity index is 584. The van der Waals surface area contributed by atoms with E-state index in [1.807, 2.05) is 19.2 Å². The lowest BCUT2D eigenvalue weighted by molar-refractivity contribution is 0.0536. The zero-order valence-corrected chi connectivity index (χ0v) is 20.0. The van der Waals surface area contributed by atoms with Crippen molar-refractivity contribution in [3.63, 3.8) is 0 Å². The number of nitrogens with one attached hydrogen (secondary N) is 1. The Balaban J connectivity index is 0.00000392. The fourth-order valence-corrected chi connectivity index (χ4v) is 3.07. The van der Waals surface area contributed by atoms with E-state index >= 15 is 0 Å². The van der Waals surface area contributed by atoms with E-state index in [-0.39, 0.29) is 24.0 Å². The standard InChI is InChI=1S/C21H35N3O3.HI/c1-17(2)15-27-20-7-5-6-18(12-20)13-23-21(22-3)24-9-8-19(14-24)16-26-11-10-25-4;/h5-7,12,17,19H,8-11,13-16H2,1-4H3,(H,22,23);1H. The Morgan fingerprint density at radius 3 is 2.86 bits per heavy atom. The van der Waals surface area contributed by atoms with Gasteiger partial charge in [-0.05, 0) is 30.0 Å². The first kappa shape index (κ1) is 25.0. The van der Waals surface area contributed by atoms with Gasteiger partial charge in [0.05, 0.1) is 26.4 Å². The Morgan fingerprint density at radius 2 is 2.14 bits per heavy atom. The second kappa shape index (κ2) is 14.0. The average Bonchev–Trinajstić information content (AvgIpc) is 3.13. The molecule has 0 aliphatic carbocycles. The van der Waals surface area contributed by atoms with Gasteiger partial charge in [0.2, 0.25) is 0 Å². The van der Waals surface area contributed by atoms with Crippen molar-refractivity contribution in [2.24, 2.45) is 16.8 Å². The van der Waals surface area contributed by atoms with Gasteiger partial charge in [-0.3, -0.25) is 4.99 Å². The van der Waals surface area contributed by atoms with Gasteiger partial charge in [0.15, 0.2) is 5.96 Å². The molecule has 1 N–H and O–H groups in total. The zero-order chi connectivity index (χ0) is 19.5.